The molecule has 0 saturated carbocycles. The van der Waals surface area contributed by atoms with Crippen molar-refractivity contribution in [1.82, 2.24) is 9.88 Å². The fourth-order valence-electron chi connectivity index (χ4n) is 3.79. The number of thioether (sulfide) groups is 1. The number of benzene rings is 2. The second kappa shape index (κ2) is 9.37. The zero-order valence-electron chi connectivity index (χ0n) is 17.1. The van der Waals surface area contributed by atoms with Gasteiger partial charge in [0, 0.05) is 24.2 Å². The molecule has 0 N–H and O–H groups in total. The van der Waals surface area contributed by atoms with Crippen LogP contribution in [0.2, 0.25) is 0 Å². The summed E-state index contributed by atoms with van der Waals surface area (Å²) in [7, 11) is -3.49. The summed E-state index contributed by atoms with van der Waals surface area (Å²) in [5.74, 6) is 1.45. The quantitative estimate of drug-likeness (QED) is 0.311. The molecular formula is C23H26N2O3S2. The lowest BCUT2D eigenvalue weighted by molar-refractivity contribution is 0.289. The van der Waals surface area contributed by atoms with Crippen LogP contribution in [-0.2, 0) is 23.0 Å². The van der Waals surface area contributed by atoms with Gasteiger partial charge < -0.3 is 9.08 Å². The van der Waals surface area contributed by atoms with Crippen LogP contribution in [0.25, 0.3) is 10.9 Å². The molecule has 0 fully saturated rings. The molecule has 0 unspecified atom stereocenters. The first-order chi connectivity index (χ1) is 14.5. The van der Waals surface area contributed by atoms with E-state index in [-0.39, 0.29) is 0 Å². The molecule has 4 rings (SSSR count). The van der Waals surface area contributed by atoms with Crippen molar-refractivity contribution in [2.24, 2.45) is 0 Å². The largest absolute Gasteiger partial charge is 0.383 e. The van der Waals surface area contributed by atoms with Gasteiger partial charge in [-0.15, -0.1) is 11.8 Å². The van der Waals surface area contributed by atoms with Crippen LogP contribution in [0, 0.1) is 0 Å². The SMILES string of the molecule is CS(=O)(=O)Oc1ccc2c(c1)CCN(CCCSc1ccc3ccccc3n1)CC2. The molecule has 0 aliphatic carbocycles. The summed E-state index contributed by atoms with van der Waals surface area (Å²) < 4.78 is 27.8. The highest BCUT2D eigenvalue weighted by molar-refractivity contribution is 7.99. The van der Waals surface area contributed by atoms with Crippen molar-refractivity contribution in [3.8, 4) is 5.75 Å². The zero-order chi connectivity index (χ0) is 21.0. The highest BCUT2D eigenvalue weighted by atomic mass is 32.2. The van der Waals surface area contributed by atoms with Gasteiger partial charge in [-0.1, -0.05) is 30.3 Å². The van der Waals surface area contributed by atoms with Gasteiger partial charge >= 0.3 is 10.1 Å². The van der Waals surface area contributed by atoms with E-state index in [1.165, 1.54) is 16.5 Å². The third-order valence-electron chi connectivity index (χ3n) is 5.26. The molecule has 2 heterocycles. The first-order valence-electron chi connectivity index (χ1n) is 10.2. The van der Waals surface area contributed by atoms with E-state index in [1.54, 1.807) is 6.07 Å². The van der Waals surface area contributed by atoms with Gasteiger partial charge in [-0.05, 0) is 61.2 Å². The van der Waals surface area contributed by atoms with Gasteiger partial charge in [0.15, 0.2) is 0 Å². The second-order valence-electron chi connectivity index (χ2n) is 7.60. The van der Waals surface area contributed by atoms with Crippen molar-refractivity contribution in [2.45, 2.75) is 24.3 Å². The molecule has 1 aromatic heterocycles. The first kappa shape index (κ1) is 21.2. The van der Waals surface area contributed by atoms with Gasteiger partial charge in [0.2, 0.25) is 0 Å². The maximum Gasteiger partial charge on any atom is 0.306 e. The molecule has 30 heavy (non-hydrogen) atoms. The Morgan fingerprint density at radius 1 is 1.03 bits per heavy atom. The Labute approximate surface area is 182 Å². The number of para-hydroxylation sites is 1. The van der Waals surface area contributed by atoms with Crippen LogP contribution in [0.4, 0.5) is 0 Å². The third kappa shape index (κ3) is 5.74. The van der Waals surface area contributed by atoms with Crippen LogP contribution >= 0.6 is 11.8 Å². The van der Waals surface area contributed by atoms with Gasteiger partial charge in [0.05, 0.1) is 16.8 Å². The normalized spacial score (nSPS) is 15.0. The number of nitrogens with zero attached hydrogens (tertiary/aromatic N) is 2. The van der Waals surface area contributed by atoms with Crippen molar-refractivity contribution < 1.29 is 12.6 Å². The lowest BCUT2D eigenvalue weighted by Gasteiger charge is -2.19. The summed E-state index contributed by atoms with van der Waals surface area (Å²) in [5, 5.41) is 2.26. The molecule has 0 bridgehead atoms. The summed E-state index contributed by atoms with van der Waals surface area (Å²) in [4.78, 5) is 7.22. The van der Waals surface area contributed by atoms with Crippen molar-refractivity contribution in [2.75, 3.05) is 31.6 Å². The summed E-state index contributed by atoms with van der Waals surface area (Å²) in [6.45, 7) is 3.06. The van der Waals surface area contributed by atoms with Crippen LogP contribution in [0.5, 0.6) is 5.75 Å². The molecule has 1 aliphatic rings. The molecule has 7 heteroatoms. The third-order valence-corrected chi connectivity index (χ3v) is 6.77. The average Bonchev–Trinajstić information content (AvgIpc) is 2.92. The molecular weight excluding hydrogens is 416 g/mol. The van der Waals surface area contributed by atoms with E-state index < -0.39 is 10.1 Å². The molecule has 2 aromatic carbocycles. The van der Waals surface area contributed by atoms with E-state index in [1.807, 2.05) is 36.0 Å². The zero-order valence-corrected chi connectivity index (χ0v) is 18.7. The molecule has 0 amide bonds. The average molecular weight is 443 g/mol. The van der Waals surface area contributed by atoms with Gasteiger partial charge in [-0.3, -0.25) is 0 Å². The molecule has 158 valence electrons. The van der Waals surface area contributed by atoms with Crippen molar-refractivity contribution in [1.29, 1.82) is 0 Å². The summed E-state index contributed by atoms with van der Waals surface area (Å²) >= 11 is 1.81. The Kier molecular flexibility index (Phi) is 6.61. The van der Waals surface area contributed by atoms with Gasteiger partial charge in [0.25, 0.3) is 0 Å². The van der Waals surface area contributed by atoms with Crippen LogP contribution in [0.3, 0.4) is 0 Å². The number of aromatic nitrogens is 1. The summed E-state index contributed by atoms with van der Waals surface area (Å²) in [6, 6.07) is 18.1. The summed E-state index contributed by atoms with van der Waals surface area (Å²) in [6.07, 6.45) is 4.08. The number of fused-ring (bicyclic) bond motifs is 2. The maximum atomic E-state index is 11.4. The molecule has 5 nitrogen and oxygen atoms in total. The predicted octanol–water partition coefficient (Wildman–Crippen LogP) is 4.16. The van der Waals surface area contributed by atoms with E-state index >= 15 is 0 Å². The van der Waals surface area contributed by atoms with Crippen LogP contribution in [0.1, 0.15) is 17.5 Å². The van der Waals surface area contributed by atoms with E-state index in [0.29, 0.717) is 5.75 Å². The Balaban J connectivity index is 1.26. The lowest BCUT2D eigenvalue weighted by Crippen LogP contribution is -2.27. The molecule has 0 saturated heterocycles. The topological polar surface area (TPSA) is 59.5 Å². The maximum absolute atomic E-state index is 11.4. The molecule has 1 aliphatic heterocycles. The van der Waals surface area contributed by atoms with Crippen molar-refractivity contribution in [3.05, 3.63) is 65.7 Å². The van der Waals surface area contributed by atoms with Gasteiger partial charge in [-0.2, -0.15) is 8.42 Å². The Morgan fingerprint density at radius 2 is 1.83 bits per heavy atom. The van der Waals surface area contributed by atoms with E-state index in [4.69, 9.17) is 9.17 Å². The fourth-order valence-corrected chi connectivity index (χ4v) is 5.05. The first-order valence-corrected chi connectivity index (χ1v) is 13.0. The predicted molar refractivity (Wildman–Crippen MR) is 123 cm³/mol. The van der Waals surface area contributed by atoms with E-state index in [9.17, 15) is 8.42 Å². The van der Waals surface area contributed by atoms with Crippen LogP contribution in [-0.4, -0.2) is 49.9 Å². The molecule has 0 radical (unpaired) electrons. The summed E-state index contributed by atoms with van der Waals surface area (Å²) in [5.41, 5.74) is 3.52. The minimum absolute atomic E-state index is 0.406. The van der Waals surface area contributed by atoms with E-state index in [2.05, 4.69) is 29.2 Å². The van der Waals surface area contributed by atoms with Crippen LogP contribution < -0.4 is 4.18 Å². The number of hydrogen-bond acceptors (Lipinski definition) is 6. The van der Waals surface area contributed by atoms with E-state index in [0.717, 1.165) is 61.4 Å². The number of pyridine rings is 1. The Morgan fingerprint density at radius 3 is 2.67 bits per heavy atom. The Hall–Kier alpha value is -2.09. The molecule has 0 spiro atoms. The number of hydrogen-bond donors (Lipinski definition) is 0. The van der Waals surface area contributed by atoms with Gasteiger partial charge in [-0.25, -0.2) is 4.98 Å². The highest BCUT2D eigenvalue weighted by Crippen LogP contribution is 2.24. The monoisotopic (exact) mass is 442 g/mol. The highest BCUT2D eigenvalue weighted by Gasteiger charge is 2.15. The standard InChI is InChI=1S/C23H26N2O3S2/c1-30(26,27)28-21-9-7-18-11-14-25(15-12-20(18)17-21)13-4-16-29-23-10-8-19-5-2-3-6-22(19)24-23/h2-3,5-10,17H,4,11-16H2,1H3. The second-order valence-corrected chi connectivity index (χ2v) is 10.3. The van der Waals surface area contributed by atoms with Crippen molar-refractivity contribution in [3.63, 3.8) is 0 Å². The van der Waals surface area contributed by atoms with Crippen LogP contribution in [0.15, 0.2) is 59.6 Å². The lowest BCUT2D eigenvalue weighted by atomic mass is 10.0. The Bertz CT molecular complexity index is 1130. The minimum atomic E-state index is -3.49. The minimum Gasteiger partial charge on any atom is -0.383 e. The fraction of sp³-hybridized carbons (Fsp3) is 0.348. The van der Waals surface area contributed by atoms with Gasteiger partial charge in [0.1, 0.15) is 5.75 Å². The molecule has 3 aromatic rings. The smallest absolute Gasteiger partial charge is 0.306 e. The van der Waals surface area contributed by atoms with Crippen molar-refractivity contribution >= 4 is 32.8 Å². The number of rotatable bonds is 7. The molecule has 0 atom stereocenters.